The van der Waals surface area contributed by atoms with E-state index in [1.54, 1.807) is 0 Å². The zero-order valence-electron chi connectivity index (χ0n) is 13.0. The molecule has 0 aromatic carbocycles. The van der Waals surface area contributed by atoms with Crippen molar-refractivity contribution in [3.8, 4) is 0 Å². The number of hydrogen-bond acceptors (Lipinski definition) is 7. The zero-order valence-corrected chi connectivity index (χ0v) is 13.0. The molecule has 0 spiro atoms. The molecule has 0 aromatic heterocycles. The first-order chi connectivity index (χ1) is 10.8. The number of rotatable bonds is 4. The van der Waals surface area contributed by atoms with Crippen LogP contribution in [0.15, 0.2) is 0 Å². The van der Waals surface area contributed by atoms with Crippen LogP contribution in [0.1, 0.15) is 39.0 Å². The zero-order chi connectivity index (χ0) is 17.1. The third-order valence-electron chi connectivity index (χ3n) is 4.80. The molecule has 1 unspecified atom stereocenters. The molecule has 1 heterocycles. The molecule has 2 rings (SSSR count). The van der Waals surface area contributed by atoms with Crippen molar-refractivity contribution in [1.82, 2.24) is 0 Å². The molecule has 2 fully saturated rings. The number of aliphatic hydroxyl groups is 3. The van der Waals surface area contributed by atoms with Gasteiger partial charge in [-0.3, -0.25) is 4.79 Å². The van der Waals surface area contributed by atoms with Gasteiger partial charge in [-0.2, -0.15) is 0 Å². The normalized spacial score (nSPS) is 41.3. The number of carboxylic acids is 1. The van der Waals surface area contributed by atoms with E-state index >= 15 is 0 Å². The Morgan fingerprint density at radius 3 is 2.17 bits per heavy atom. The molecule has 0 aromatic rings. The van der Waals surface area contributed by atoms with E-state index in [4.69, 9.17) is 14.6 Å². The topological polar surface area (TPSA) is 134 Å². The highest BCUT2D eigenvalue weighted by molar-refractivity contribution is 5.74. The van der Waals surface area contributed by atoms with Crippen LogP contribution in [0.5, 0.6) is 0 Å². The highest BCUT2D eigenvalue weighted by Crippen LogP contribution is 2.32. The Hall–Kier alpha value is -1.22. The summed E-state index contributed by atoms with van der Waals surface area (Å²) in [5.74, 6) is -1.80. The largest absolute Gasteiger partial charge is 0.479 e. The number of carbonyl (C=O) groups excluding carboxylic acids is 1. The Morgan fingerprint density at radius 2 is 1.65 bits per heavy atom. The molecular weight excluding hydrogens is 308 g/mol. The van der Waals surface area contributed by atoms with Crippen molar-refractivity contribution in [2.24, 2.45) is 11.8 Å². The fourth-order valence-electron chi connectivity index (χ4n) is 3.17. The highest BCUT2D eigenvalue weighted by atomic mass is 16.7. The number of aliphatic hydroxyl groups excluding tert-OH is 3. The molecule has 23 heavy (non-hydrogen) atoms. The van der Waals surface area contributed by atoms with Crippen LogP contribution in [0.3, 0.4) is 0 Å². The molecule has 1 aliphatic heterocycles. The Morgan fingerprint density at radius 1 is 1.04 bits per heavy atom. The molecule has 1 saturated heterocycles. The molecule has 0 bridgehead atoms. The number of carbonyl (C=O) groups is 2. The van der Waals surface area contributed by atoms with Crippen LogP contribution in [0.4, 0.5) is 0 Å². The van der Waals surface area contributed by atoms with Gasteiger partial charge < -0.3 is 29.9 Å². The Labute approximate surface area is 134 Å². The molecule has 0 radical (unpaired) electrons. The van der Waals surface area contributed by atoms with Gasteiger partial charge in [0, 0.05) is 0 Å². The predicted octanol–water partition coefficient (Wildman–Crippen LogP) is -0.362. The summed E-state index contributed by atoms with van der Waals surface area (Å²) in [4.78, 5) is 23.2. The van der Waals surface area contributed by atoms with Crippen LogP contribution < -0.4 is 0 Å². The first-order valence-electron chi connectivity index (χ1n) is 7.98. The third kappa shape index (κ3) is 4.00. The number of carboxylic acid groups (broad SMARTS) is 1. The van der Waals surface area contributed by atoms with E-state index in [1.165, 1.54) is 0 Å². The summed E-state index contributed by atoms with van der Waals surface area (Å²) in [6.07, 6.45) is -4.37. The van der Waals surface area contributed by atoms with Gasteiger partial charge in [0.15, 0.2) is 6.10 Å². The minimum Gasteiger partial charge on any atom is -0.479 e. The smallest absolute Gasteiger partial charge is 0.335 e. The lowest BCUT2D eigenvalue weighted by molar-refractivity contribution is -0.287. The summed E-state index contributed by atoms with van der Waals surface area (Å²) in [6, 6.07) is 0. The molecule has 132 valence electrons. The van der Waals surface area contributed by atoms with Gasteiger partial charge in [0.25, 0.3) is 0 Å². The van der Waals surface area contributed by atoms with Crippen molar-refractivity contribution in [3.63, 3.8) is 0 Å². The van der Waals surface area contributed by atoms with E-state index in [0.717, 1.165) is 19.3 Å². The summed E-state index contributed by atoms with van der Waals surface area (Å²) in [5.41, 5.74) is 0. The van der Waals surface area contributed by atoms with E-state index in [0.29, 0.717) is 18.8 Å². The van der Waals surface area contributed by atoms with Crippen molar-refractivity contribution in [2.45, 2.75) is 69.7 Å². The molecule has 8 nitrogen and oxygen atoms in total. The molecule has 0 amide bonds. The summed E-state index contributed by atoms with van der Waals surface area (Å²) < 4.78 is 10.0. The van der Waals surface area contributed by atoms with E-state index < -0.39 is 42.6 Å². The minimum atomic E-state index is -1.79. The van der Waals surface area contributed by atoms with Gasteiger partial charge in [0.05, 0.1) is 5.92 Å². The van der Waals surface area contributed by atoms with Crippen molar-refractivity contribution in [2.75, 3.05) is 0 Å². The van der Waals surface area contributed by atoms with E-state index in [9.17, 15) is 24.9 Å². The lowest BCUT2D eigenvalue weighted by atomic mass is 9.81. The van der Waals surface area contributed by atoms with E-state index in [2.05, 4.69) is 6.92 Å². The summed E-state index contributed by atoms with van der Waals surface area (Å²) in [6.45, 7) is 2.11. The van der Waals surface area contributed by atoms with E-state index in [-0.39, 0.29) is 5.92 Å². The maximum absolute atomic E-state index is 12.2. The summed E-state index contributed by atoms with van der Waals surface area (Å²) in [5, 5.41) is 38.1. The average Bonchev–Trinajstić information content (AvgIpc) is 2.55. The second-order valence-corrected chi connectivity index (χ2v) is 6.30. The minimum absolute atomic E-state index is 0.319. The van der Waals surface area contributed by atoms with Crippen molar-refractivity contribution in [3.05, 3.63) is 0 Å². The number of hydrogen-bond donors (Lipinski definition) is 4. The SMILES string of the molecule is CC[C@H]1CC[C@H](C(=O)OC2O[C@H](C(=O)O)[C@@H](O)[C@H](O)[C@H]2O)CC1. The lowest BCUT2D eigenvalue weighted by Crippen LogP contribution is -2.60. The van der Waals surface area contributed by atoms with Gasteiger partial charge >= 0.3 is 11.9 Å². The quantitative estimate of drug-likeness (QED) is 0.513. The van der Waals surface area contributed by atoms with Crippen molar-refractivity contribution < 1.29 is 39.5 Å². The Balaban J connectivity index is 1.95. The lowest BCUT2D eigenvalue weighted by Gasteiger charge is -2.38. The second kappa shape index (κ2) is 7.57. The van der Waals surface area contributed by atoms with Crippen molar-refractivity contribution >= 4 is 11.9 Å². The Bertz CT molecular complexity index is 431. The fourth-order valence-corrected chi connectivity index (χ4v) is 3.17. The van der Waals surface area contributed by atoms with E-state index in [1.807, 2.05) is 0 Å². The van der Waals surface area contributed by atoms with Gasteiger partial charge in [-0.15, -0.1) is 0 Å². The maximum atomic E-state index is 12.2. The first kappa shape index (κ1) is 18.1. The van der Waals surface area contributed by atoms with Crippen LogP contribution in [0.25, 0.3) is 0 Å². The first-order valence-corrected chi connectivity index (χ1v) is 7.98. The molecule has 5 atom stereocenters. The molecule has 2 aliphatic rings. The van der Waals surface area contributed by atoms with Crippen molar-refractivity contribution in [1.29, 1.82) is 0 Å². The Kier molecular flexibility index (Phi) is 5.96. The number of aliphatic carboxylic acids is 1. The standard InChI is InChI=1S/C15H24O8/c1-2-7-3-5-8(6-4-7)14(21)23-15-11(18)9(16)10(17)12(22-15)13(19)20/h7-12,15-18H,2-6H2,1H3,(H,19,20)/t7-,8-,9-,10-,11+,12-,15?/m0/s1. The molecule has 8 heteroatoms. The van der Waals surface area contributed by atoms with Crippen LogP contribution in [-0.2, 0) is 19.1 Å². The van der Waals surface area contributed by atoms with Crippen LogP contribution in [0.2, 0.25) is 0 Å². The molecular formula is C15H24O8. The summed E-state index contributed by atoms with van der Waals surface area (Å²) >= 11 is 0. The van der Waals surface area contributed by atoms with Gasteiger partial charge in [-0.05, 0) is 31.6 Å². The number of esters is 1. The maximum Gasteiger partial charge on any atom is 0.335 e. The number of ether oxygens (including phenoxy) is 2. The second-order valence-electron chi connectivity index (χ2n) is 6.30. The van der Waals surface area contributed by atoms with Crippen LogP contribution in [-0.4, -0.2) is 63.1 Å². The van der Waals surface area contributed by atoms with Gasteiger partial charge in [0.2, 0.25) is 6.29 Å². The molecule has 1 aliphatic carbocycles. The van der Waals surface area contributed by atoms with Gasteiger partial charge in [-0.25, -0.2) is 4.79 Å². The van der Waals surface area contributed by atoms with Crippen LogP contribution >= 0.6 is 0 Å². The average molecular weight is 332 g/mol. The van der Waals surface area contributed by atoms with Gasteiger partial charge in [0.1, 0.15) is 18.3 Å². The highest BCUT2D eigenvalue weighted by Gasteiger charge is 2.49. The van der Waals surface area contributed by atoms with Gasteiger partial charge in [-0.1, -0.05) is 13.3 Å². The summed E-state index contributed by atoms with van der Waals surface area (Å²) in [7, 11) is 0. The predicted molar refractivity (Wildman–Crippen MR) is 76.1 cm³/mol. The molecule has 4 N–H and O–H groups in total. The third-order valence-corrected chi connectivity index (χ3v) is 4.80. The monoisotopic (exact) mass is 332 g/mol. The molecule has 1 saturated carbocycles. The van der Waals surface area contributed by atoms with Crippen LogP contribution in [0, 0.1) is 11.8 Å². The fraction of sp³-hybridized carbons (Fsp3) is 0.867.